The molecule has 3 heteroatoms. The Morgan fingerprint density at radius 3 is 2.74 bits per heavy atom. The molecule has 19 heavy (non-hydrogen) atoms. The molecule has 0 fully saturated rings. The van der Waals surface area contributed by atoms with Crippen molar-refractivity contribution < 1.29 is 9.15 Å². The van der Waals surface area contributed by atoms with Gasteiger partial charge in [0.05, 0.1) is 12.1 Å². The van der Waals surface area contributed by atoms with Gasteiger partial charge in [0.1, 0.15) is 11.3 Å². The van der Waals surface area contributed by atoms with Crippen molar-refractivity contribution in [3.63, 3.8) is 0 Å². The summed E-state index contributed by atoms with van der Waals surface area (Å²) < 4.78 is 11.7. The number of nitrogens with one attached hydrogen (secondary N) is 1. The number of fused-ring (bicyclic) bond motifs is 1. The van der Waals surface area contributed by atoms with Crippen molar-refractivity contribution in [2.75, 3.05) is 13.2 Å². The second-order valence-corrected chi connectivity index (χ2v) is 4.78. The molecule has 0 saturated heterocycles. The highest BCUT2D eigenvalue weighted by Crippen LogP contribution is 2.26. The van der Waals surface area contributed by atoms with Crippen LogP contribution in [0.2, 0.25) is 0 Å². The summed E-state index contributed by atoms with van der Waals surface area (Å²) in [5, 5.41) is 4.66. The van der Waals surface area contributed by atoms with E-state index in [1.807, 2.05) is 25.1 Å². The topological polar surface area (TPSA) is 34.4 Å². The van der Waals surface area contributed by atoms with Crippen molar-refractivity contribution in [3.05, 3.63) is 36.1 Å². The van der Waals surface area contributed by atoms with Crippen LogP contribution in [0.5, 0.6) is 0 Å². The minimum atomic E-state index is 0.0945. The van der Waals surface area contributed by atoms with Crippen molar-refractivity contribution >= 4 is 11.0 Å². The standard InChI is InChI=1S/C16H23NO2/c1-4-10-17-16(12(3)18-5-2)15-11-13-8-6-7-9-14(13)19-15/h6-9,11-12,16-17H,4-5,10H2,1-3H3. The molecule has 2 atom stereocenters. The highest BCUT2D eigenvalue weighted by Gasteiger charge is 2.22. The Morgan fingerprint density at radius 2 is 2.05 bits per heavy atom. The number of benzene rings is 1. The molecule has 0 aliphatic heterocycles. The second-order valence-electron chi connectivity index (χ2n) is 4.78. The van der Waals surface area contributed by atoms with Crippen molar-refractivity contribution in [3.8, 4) is 0 Å². The van der Waals surface area contributed by atoms with Gasteiger partial charge in [-0.3, -0.25) is 0 Å². The zero-order valence-corrected chi connectivity index (χ0v) is 12.0. The number of para-hydroxylation sites is 1. The van der Waals surface area contributed by atoms with E-state index in [-0.39, 0.29) is 12.1 Å². The molecule has 2 rings (SSSR count). The van der Waals surface area contributed by atoms with E-state index in [4.69, 9.17) is 9.15 Å². The fourth-order valence-corrected chi connectivity index (χ4v) is 2.31. The molecule has 0 bridgehead atoms. The molecule has 1 heterocycles. The molecule has 0 aliphatic carbocycles. The molecule has 104 valence electrons. The summed E-state index contributed by atoms with van der Waals surface area (Å²) >= 11 is 0. The second kappa shape index (κ2) is 6.73. The molecule has 0 aliphatic rings. The summed E-state index contributed by atoms with van der Waals surface area (Å²) in [6.45, 7) is 7.94. The van der Waals surface area contributed by atoms with E-state index in [0.29, 0.717) is 6.61 Å². The third kappa shape index (κ3) is 3.37. The van der Waals surface area contributed by atoms with E-state index in [9.17, 15) is 0 Å². The first-order valence-electron chi connectivity index (χ1n) is 7.09. The predicted octanol–water partition coefficient (Wildman–Crippen LogP) is 3.90. The van der Waals surface area contributed by atoms with Gasteiger partial charge in [-0.05, 0) is 38.9 Å². The van der Waals surface area contributed by atoms with Gasteiger partial charge >= 0.3 is 0 Å². The maximum absolute atomic E-state index is 5.95. The Bertz CT molecular complexity index is 473. The van der Waals surface area contributed by atoms with Crippen LogP contribution in [0, 0.1) is 0 Å². The van der Waals surface area contributed by atoms with E-state index in [1.54, 1.807) is 0 Å². The zero-order chi connectivity index (χ0) is 13.7. The number of rotatable bonds is 7. The normalized spacial score (nSPS) is 14.7. The van der Waals surface area contributed by atoms with Crippen LogP contribution in [0.1, 0.15) is 39.0 Å². The highest BCUT2D eigenvalue weighted by molar-refractivity contribution is 5.77. The first-order chi connectivity index (χ1) is 9.26. The Balaban J connectivity index is 2.25. The van der Waals surface area contributed by atoms with Crippen molar-refractivity contribution in [2.45, 2.75) is 39.3 Å². The van der Waals surface area contributed by atoms with Crippen LogP contribution in [-0.2, 0) is 4.74 Å². The summed E-state index contributed by atoms with van der Waals surface area (Å²) in [7, 11) is 0. The quantitative estimate of drug-likeness (QED) is 0.821. The van der Waals surface area contributed by atoms with Crippen molar-refractivity contribution in [1.82, 2.24) is 5.32 Å². The van der Waals surface area contributed by atoms with E-state index >= 15 is 0 Å². The minimum absolute atomic E-state index is 0.0945. The lowest BCUT2D eigenvalue weighted by Crippen LogP contribution is -2.32. The summed E-state index contributed by atoms with van der Waals surface area (Å²) in [6.07, 6.45) is 1.19. The fourth-order valence-electron chi connectivity index (χ4n) is 2.31. The van der Waals surface area contributed by atoms with Crippen LogP contribution >= 0.6 is 0 Å². The lowest BCUT2D eigenvalue weighted by Gasteiger charge is -2.23. The number of hydrogen-bond acceptors (Lipinski definition) is 3. The van der Waals surface area contributed by atoms with Crippen LogP contribution in [0.25, 0.3) is 11.0 Å². The Labute approximate surface area is 114 Å². The van der Waals surface area contributed by atoms with Crippen LogP contribution in [-0.4, -0.2) is 19.3 Å². The average Bonchev–Trinajstić information content (AvgIpc) is 2.83. The smallest absolute Gasteiger partial charge is 0.134 e. The number of hydrogen-bond donors (Lipinski definition) is 1. The van der Waals surface area contributed by atoms with Gasteiger partial charge in [-0.2, -0.15) is 0 Å². The monoisotopic (exact) mass is 261 g/mol. The van der Waals surface area contributed by atoms with Gasteiger partial charge in [-0.15, -0.1) is 0 Å². The molecule has 1 aromatic heterocycles. The van der Waals surface area contributed by atoms with Gasteiger partial charge in [0.15, 0.2) is 0 Å². The highest BCUT2D eigenvalue weighted by atomic mass is 16.5. The van der Waals surface area contributed by atoms with Crippen LogP contribution < -0.4 is 5.32 Å². The Hall–Kier alpha value is -1.32. The molecule has 1 N–H and O–H groups in total. The first kappa shape index (κ1) is 14.1. The average molecular weight is 261 g/mol. The molecule has 0 saturated carbocycles. The largest absolute Gasteiger partial charge is 0.459 e. The summed E-state index contributed by atoms with van der Waals surface area (Å²) in [5.74, 6) is 0.954. The summed E-state index contributed by atoms with van der Waals surface area (Å²) in [4.78, 5) is 0. The van der Waals surface area contributed by atoms with Crippen LogP contribution in [0.15, 0.2) is 34.7 Å². The maximum atomic E-state index is 5.95. The molecular formula is C16H23NO2. The van der Waals surface area contributed by atoms with Gasteiger partial charge in [-0.1, -0.05) is 25.1 Å². The van der Waals surface area contributed by atoms with Gasteiger partial charge in [0.2, 0.25) is 0 Å². The van der Waals surface area contributed by atoms with Gasteiger partial charge in [-0.25, -0.2) is 0 Å². The number of ether oxygens (including phenoxy) is 1. The third-order valence-corrected chi connectivity index (χ3v) is 3.26. The lowest BCUT2D eigenvalue weighted by molar-refractivity contribution is 0.0418. The van der Waals surface area contributed by atoms with E-state index < -0.39 is 0 Å². The molecule has 0 spiro atoms. The van der Waals surface area contributed by atoms with E-state index in [2.05, 4.69) is 31.3 Å². The lowest BCUT2D eigenvalue weighted by atomic mass is 10.1. The van der Waals surface area contributed by atoms with E-state index in [0.717, 1.165) is 29.7 Å². The predicted molar refractivity (Wildman–Crippen MR) is 78.3 cm³/mol. The molecule has 2 unspecified atom stereocenters. The van der Waals surface area contributed by atoms with Crippen LogP contribution in [0.3, 0.4) is 0 Å². The maximum Gasteiger partial charge on any atom is 0.134 e. The van der Waals surface area contributed by atoms with Crippen LogP contribution in [0.4, 0.5) is 0 Å². The molecular weight excluding hydrogens is 238 g/mol. The Kier molecular flexibility index (Phi) is 5.00. The first-order valence-corrected chi connectivity index (χ1v) is 7.09. The summed E-state index contributed by atoms with van der Waals surface area (Å²) in [5.41, 5.74) is 0.935. The molecule has 0 amide bonds. The van der Waals surface area contributed by atoms with E-state index in [1.165, 1.54) is 0 Å². The fraction of sp³-hybridized carbons (Fsp3) is 0.500. The minimum Gasteiger partial charge on any atom is -0.459 e. The van der Waals surface area contributed by atoms with Gasteiger partial charge < -0.3 is 14.5 Å². The molecule has 2 aromatic rings. The molecule has 0 radical (unpaired) electrons. The van der Waals surface area contributed by atoms with Gasteiger partial charge in [0.25, 0.3) is 0 Å². The third-order valence-electron chi connectivity index (χ3n) is 3.26. The van der Waals surface area contributed by atoms with Crippen molar-refractivity contribution in [1.29, 1.82) is 0 Å². The number of furan rings is 1. The zero-order valence-electron chi connectivity index (χ0n) is 12.0. The Morgan fingerprint density at radius 1 is 1.26 bits per heavy atom. The molecule has 1 aromatic carbocycles. The SMILES string of the molecule is CCCNC(c1cc2ccccc2o1)C(C)OCC. The molecule has 3 nitrogen and oxygen atoms in total. The van der Waals surface area contributed by atoms with Gasteiger partial charge in [0, 0.05) is 12.0 Å². The van der Waals surface area contributed by atoms with Crippen molar-refractivity contribution in [2.24, 2.45) is 0 Å². The summed E-state index contributed by atoms with van der Waals surface area (Å²) in [6, 6.07) is 10.3.